The molecule has 2 aromatic rings. The number of aromatic hydroxyl groups is 6. The number of hydrogen-bond donors (Lipinski definition) is 12. The molecular formula is C31H37F7N4O14. The molecule has 0 saturated carbocycles. The van der Waals surface area contributed by atoms with Crippen LogP contribution in [0.3, 0.4) is 0 Å². The molecule has 0 aliphatic carbocycles. The van der Waals surface area contributed by atoms with Crippen molar-refractivity contribution in [3.63, 3.8) is 0 Å². The number of piperidine rings is 1. The first kappa shape index (κ1) is 43.9. The van der Waals surface area contributed by atoms with Crippen molar-refractivity contribution >= 4 is 11.9 Å². The quantitative estimate of drug-likeness (QED) is 0.0854. The number of carbonyl (C=O) groups is 2. The van der Waals surface area contributed by atoms with Crippen molar-refractivity contribution in [3.8, 4) is 34.5 Å². The summed E-state index contributed by atoms with van der Waals surface area (Å²) in [5.74, 6) is -24.3. The normalized spacial score (nSPS) is 24.9. The fourth-order valence-corrected chi connectivity index (χ4v) is 7.26. The molecule has 4 atom stereocenters. The topological polar surface area (TPSA) is 290 Å². The standard InChI is InChI=1S/C31H37F7N4O14/c1-10-14(22(48)23(49)17(32)18(10)44)27(52)28(53,54)24(41-8-6-40(7-9-41)12(3)43)26(4,51)31(55,56)42(27)25(50)39(5)11(2)13-19(45)15(29(33,34)35)21(47)16(20(13)46)30(36,37)38/h11,24,44-49,51-56H,6-9H2,1-5H3. The Labute approximate surface area is 309 Å². The van der Waals surface area contributed by atoms with Gasteiger partial charge in [0.25, 0.3) is 5.91 Å². The maximum atomic E-state index is 14.7. The molecule has 0 spiro atoms. The molecule has 4 rings (SSSR count). The Morgan fingerprint density at radius 3 is 1.62 bits per heavy atom. The lowest BCUT2D eigenvalue weighted by Gasteiger charge is -2.65. The maximum Gasteiger partial charge on any atom is 0.423 e. The van der Waals surface area contributed by atoms with Crippen LogP contribution < -0.4 is 0 Å². The molecule has 2 saturated heterocycles. The van der Waals surface area contributed by atoms with Crippen LogP contribution >= 0.6 is 0 Å². The minimum atomic E-state index is -5.99. The van der Waals surface area contributed by atoms with E-state index in [9.17, 15) is 102 Å². The van der Waals surface area contributed by atoms with Crippen LogP contribution in [0, 0.1) is 12.7 Å². The summed E-state index contributed by atoms with van der Waals surface area (Å²) in [6, 6.07) is -7.66. The van der Waals surface area contributed by atoms with E-state index in [0.29, 0.717) is 27.8 Å². The summed E-state index contributed by atoms with van der Waals surface area (Å²) < 4.78 is 98.3. The largest absolute Gasteiger partial charge is 0.507 e. The SMILES string of the molecule is CC(=O)N1CCN(C2C(C)(O)C(O)(O)N(C(=O)N(C)C(C)c3c(O)c(C(F)(F)F)c(O)c(C(F)(F)F)c3O)C(O)(c3c(C)c(O)c(F)c(O)c3O)C2(O)O)CC1. The van der Waals surface area contributed by atoms with Crippen LogP contribution in [0.2, 0.25) is 0 Å². The van der Waals surface area contributed by atoms with Crippen molar-refractivity contribution in [2.75, 3.05) is 33.2 Å². The predicted molar refractivity (Wildman–Crippen MR) is 167 cm³/mol. The molecule has 2 aliphatic rings. The van der Waals surface area contributed by atoms with Crippen LogP contribution in [-0.2, 0) is 22.9 Å². The van der Waals surface area contributed by atoms with Gasteiger partial charge in [-0.3, -0.25) is 9.69 Å². The number of aliphatic hydroxyl groups is 6. The van der Waals surface area contributed by atoms with Gasteiger partial charge in [-0.25, -0.2) is 9.69 Å². The van der Waals surface area contributed by atoms with Crippen molar-refractivity contribution in [2.45, 2.75) is 75.2 Å². The predicted octanol–water partition coefficient (Wildman–Crippen LogP) is 0.282. The molecule has 0 bridgehead atoms. The van der Waals surface area contributed by atoms with Gasteiger partial charge in [0.1, 0.15) is 34.4 Å². The first-order chi connectivity index (χ1) is 25.2. The molecule has 0 aromatic heterocycles. The number of halogens is 7. The van der Waals surface area contributed by atoms with E-state index in [2.05, 4.69) is 0 Å². The van der Waals surface area contributed by atoms with E-state index in [1.54, 1.807) is 0 Å². The first-order valence-corrected chi connectivity index (χ1v) is 16.0. The van der Waals surface area contributed by atoms with E-state index >= 15 is 0 Å². The van der Waals surface area contributed by atoms with E-state index in [0.717, 1.165) is 11.8 Å². The Balaban J connectivity index is 2.08. The van der Waals surface area contributed by atoms with E-state index in [1.165, 1.54) is 4.90 Å². The van der Waals surface area contributed by atoms with Crippen molar-refractivity contribution < 1.29 is 102 Å². The maximum absolute atomic E-state index is 14.7. The number of likely N-dealkylation sites (tertiary alicyclic amines) is 1. The van der Waals surface area contributed by atoms with Gasteiger partial charge in [0.15, 0.2) is 22.8 Å². The molecule has 3 amide bonds. The number of phenols is 6. The molecule has 2 aliphatic heterocycles. The van der Waals surface area contributed by atoms with Gasteiger partial charge in [-0.15, -0.1) is 0 Å². The lowest BCUT2D eigenvalue weighted by molar-refractivity contribution is -0.486. The molecule has 56 heavy (non-hydrogen) atoms. The van der Waals surface area contributed by atoms with Crippen LogP contribution in [0.25, 0.3) is 0 Å². The summed E-state index contributed by atoms with van der Waals surface area (Å²) in [5.41, 5.74) is -18.4. The summed E-state index contributed by atoms with van der Waals surface area (Å²) in [6.07, 6.45) is -12.0. The van der Waals surface area contributed by atoms with E-state index in [-0.39, 0.29) is 18.0 Å². The third-order valence-electron chi connectivity index (χ3n) is 10.3. The van der Waals surface area contributed by atoms with Crippen LogP contribution in [0.1, 0.15) is 54.6 Å². The summed E-state index contributed by atoms with van der Waals surface area (Å²) in [7, 11) is 0.403. The Hall–Kier alpha value is -4.79. The van der Waals surface area contributed by atoms with Crippen molar-refractivity contribution in [3.05, 3.63) is 33.6 Å². The summed E-state index contributed by atoms with van der Waals surface area (Å²) in [4.78, 5) is 27.4. The zero-order chi connectivity index (χ0) is 43.4. The Morgan fingerprint density at radius 2 is 1.21 bits per heavy atom. The van der Waals surface area contributed by atoms with Crippen LogP contribution in [-0.4, -0.2) is 149 Å². The number of alkyl halides is 6. The number of urea groups is 1. The summed E-state index contributed by atoms with van der Waals surface area (Å²) in [5, 5.41) is 134. The highest BCUT2D eigenvalue weighted by molar-refractivity contribution is 5.79. The monoisotopic (exact) mass is 822 g/mol. The Morgan fingerprint density at radius 1 is 0.768 bits per heavy atom. The second-order valence-electron chi connectivity index (χ2n) is 13.6. The number of benzene rings is 2. The average molecular weight is 823 g/mol. The third kappa shape index (κ3) is 6.08. The second kappa shape index (κ2) is 13.4. The summed E-state index contributed by atoms with van der Waals surface area (Å²) >= 11 is 0. The number of nitrogens with zero attached hydrogens (tertiary/aromatic N) is 4. The molecule has 25 heteroatoms. The van der Waals surface area contributed by atoms with Crippen molar-refractivity contribution in [1.82, 2.24) is 19.6 Å². The van der Waals surface area contributed by atoms with Gasteiger partial charge in [-0.2, -0.15) is 30.7 Å². The Kier molecular flexibility index (Phi) is 10.5. The number of rotatable bonds is 4. The zero-order valence-corrected chi connectivity index (χ0v) is 29.6. The summed E-state index contributed by atoms with van der Waals surface area (Å²) in [6.45, 7) is 1.24. The third-order valence-corrected chi connectivity index (χ3v) is 10.3. The minimum absolute atomic E-state index is 0.161. The van der Waals surface area contributed by atoms with Gasteiger partial charge in [0, 0.05) is 45.7 Å². The van der Waals surface area contributed by atoms with E-state index < -0.39 is 146 Å². The molecular weight excluding hydrogens is 785 g/mol. The number of phenolic OH excluding ortho intramolecular Hbond substituents is 6. The molecule has 2 fully saturated rings. The lowest BCUT2D eigenvalue weighted by atomic mass is 9.70. The molecule has 12 N–H and O–H groups in total. The number of carbonyl (C=O) groups excluding carboxylic acids is 2. The van der Waals surface area contributed by atoms with Crippen molar-refractivity contribution in [2.24, 2.45) is 0 Å². The Bertz CT molecular complexity index is 1880. The fourth-order valence-electron chi connectivity index (χ4n) is 7.26. The highest BCUT2D eigenvalue weighted by Gasteiger charge is 2.79. The molecule has 2 aromatic carbocycles. The number of amides is 3. The molecule has 18 nitrogen and oxygen atoms in total. The van der Waals surface area contributed by atoms with Crippen LogP contribution in [0.15, 0.2) is 0 Å². The molecule has 0 radical (unpaired) electrons. The average Bonchev–Trinajstić information content (AvgIpc) is 3.03. The van der Waals surface area contributed by atoms with E-state index in [1.807, 2.05) is 0 Å². The van der Waals surface area contributed by atoms with Gasteiger partial charge in [-0.1, -0.05) is 0 Å². The molecule has 2 heterocycles. The van der Waals surface area contributed by atoms with Gasteiger partial charge >= 0.3 is 18.4 Å². The number of hydrogen-bond acceptors (Lipinski definition) is 15. The van der Waals surface area contributed by atoms with Gasteiger partial charge in [0.2, 0.25) is 23.2 Å². The van der Waals surface area contributed by atoms with Gasteiger partial charge < -0.3 is 71.1 Å². The minimum Gasteiger partial charge on any atom is -0.507 e. The number of piperazine rings is 1. The van der Waals surface area contributed by atoms with Crippen LogP contribution in [0.4, 0.5) is 35.5 Å². The first-order valence-electron chi connectivity index (χ1n) is 16.0. The van der Waals surface area contributed by atoms with E-state index in [4.69, 9.17) is 0 Å². The highest BCUT2D eigenvalue weighted by Crippen LogP contribution is 2.59. The molecule has 4 unspecified atom stereocenters. The fraction of sp³-hybridized carbons (Fsp3) is 0.548. The zero-order valence-electron chi connectivity index (χ0n) is 29.6. The highest BCUT2D eigenvalue weighted by atomic mass is 19.4. The van der Waals surface area contributed by atoms with Gasteiger partial charge in [-0.05, 0) is 20.8 Å². The van der Waals surface area contributed by atoms with Gasteiger partial charge in [0.05, 0.1) is 17.2 Å². The smallest absolute Gasteiger partial charge is 0.423 e. The van der Waals surface area contributed by atoms with Crippen molar-refractivity contribution in [1.29, 1.82) is 0 Å². The molecule has 314 valence electrons. The van der Waals surface area contributed by atoms with Crippen LogP contribution in [0.5, 0.6) is 34.5 Å². The lowest BCUT2D eigenvalue weighted by Crippen LogP contribution is -2.90. The second-order valence-corrected chi connectivity index (χ2v) is 13.6.